The van der Waals surface area contributed by atoms with E-state index in [1.54, 1.807) is 7.05 Å². The second-order valence-corrected chi connectivity index (χ2v) is 7.08. The molecule has 148 valence electrons. The number of halogens is 4. The lowest BCUT2D eigenvalue weighted by atomic mass is 10.1. The third-order valence-corrected chi connectivity index (χ3v) is 4.98. The Morgan fingerprint density at radius 1 is 1.21 bits per heavy atom. The van der Waals surface area contributed by atoms with E-state index in [-0.39, 0.29) is 28.2 Å². The van der Waals surface area contributed by atoms with E-state index in [1.165, 1.54) is 23.0 Å². The van der Waals surface area contributed by atoms with Crippen LogP contribution in [-0.2, 0) is 13.2 Å². The van der Waals surface area contributed by atoms with Crippen molar-refractivity contribution in [1.82, 2.24) is 24.3 Å². The molecular formula is C19H13F4N5O. The molecule has 0 aromatic carbocycles. The molecule has 1 fully saturated rings. The van der Waals surface area contributed by atoms with Crippen LogP contribution in [0.4, 0.5) is 17.6 Å². The van der Waals surface area contributed by atoms with E-state index in [0.29, 0.717) is 5.39 Å². The second kappa shape index (κ2) is 5.85. The minimum atomic E-state index is -4.79. The van der Waals surface area contributed by atoms with Crippen LogP contribution in [-0.4, -0.2) is 24.3 Å². The Kier molecular flexibility index (Phi) is 3.59. The molecule has 1 saturated carbocycles. The van der Waals surface area contributed by atoms with Gasteiger partial charge in [0.25, 0.3) is 5.56 Å². The molecule has 4 heterocycles. The molecule has 4 aromatic rings. The van der Waals surface area contributed by atoms with Gasteiger partial charge in [-0.2, -0.15) is 18.3 Å². The quantitative estimate of drug-likeness (QED) is 0.479. The van der Waals surface area contributed by atoms with Crippen LogP contribution >= 0.6 is 0 Å². The van der Waals surface area contributed by atoms with Crippen LogP contribution in [0, 0.1) is 5.82 Å². The third-order valence-electron chi connectivity index (χ3n) is 4.98. The van der Waals surface area contributed by atoms with Gasteiger partial charge in [-0.15, -0.1) is 0 Å². The summed E-state index contributed by atoms with van der Waals surface area (Å²) in [6.45, 7) is 0. The highest BCUT2D eigenvalue weighted by Gasteiger charge is 2.37. The molecule has 6 nitrogen and oxygen atoms in total. The molecule has 0 atom stereocenters. The van der Waals surface area contributed by atoms with Gasteiger partial charge in [0.1, 0.15) is 11.5 Å². The van der Waals surface area contributed by atoms with Crippen molar-refractivity contribution in [2.75, 3.05) is 0 Å². The first-order valence-corrected chi connectivity index (χ1v) is 8.87. The molecule has 5 rings (SSSR count). The van der Waals surface area contributed by atoms with Gasteiger partial charge in [-0.1, -0.05) is 0 Å². The van der Waals surface area contributed by atoms with E-state index in [9.17, 15) is 22.4 Å². The first kappa shape index (κ1) is 17.8. The summed E-state index contributed by atoms with van der Waals surface area (Å²) in [5, 5.41) is 4.61. The summed E-state index contributed by atoms with van der Waals surface area (Å²) in [5.74, 6) is -0.638. The molecule has 0 saturated heterocycles. The Morgan fingerprint density at radius 3 is 2.66 bits per heavy atom. The van der Waals surface area contributed by atoms with Gasteiger partial charge < -0.3 is 0 Å². The number of aryl methyl sites for hydroxylation is 1. The Labute approximate surface area is 160 Å². The van der Waals surface area contributed by atoms with Crippen molar-refractivity contribution in [2.45, 2.75) is 24.9 Å². The lowest BCUT2D eigenvalue weighted by Gasteiger charge is -2.16. The Hall–Kier alpha value is -3.30. The molecule has 0 amide bonds. The first-order valence-electron chi connectivity index (χ1n) is 8.87. The molecule has 1 aliphatic carbocycles. The number of nitrogens with zero attached hydrogens (tertiary/aromatic N) is 5. The zero-order chi connectivity index (χ0) is 20.5. The molecule has 0 bridgehead atoms. The number of rotatable bonds is 2. The van der Waals surface area contributed by atoms with E-state index in [0.717, 1.165) is 29.7 Å². The van der Waals surface area contributed by atoms with Crippen LogP contribution in [0.5, 0.6) is 0 Å². The van der Waals surface area contributed by atoms with Crippen LogP contribution in [0.15, 0.2) is 35.4 Å². The molecule has 4 aromatic heterocycles. The van der Waals surface area contributed by atoms with Crippen molar-refractivity contribution in [3.8, 4) is 5.69 Å². The van der Waals surface area contributed by atoms with Gasteiger partial charge in [0.2, 0.25) is 0 Å². The summed E-state index contributed by atoms with van der Waals surface area (Å²) in [7, 11) is 1.57. The van der Waals surface area contributed by atoms with Gasteiger partial charge in [0, 0.05) is 36.1 Å². The fourth-order valence-electron chi connectivity index (χ4n) is 3.57. The maximum Gasteiger partial charge on any atom is 0.435 e. The van der Waals surface area contributed by atoms with Crippen LogP contribution in [0.1, 0.15) is 30.1 Å². The molecule has 1 aliphatic rings. The summed E-state index contributed by atoms with van der Waals surface area (Å²) in [6.07, 6.45) is -0.775. The number of aromatic nitrogens is 5. The Balaban J connectivity index is 1.98. The summed E-state index contributed by atoms with van der Waals surface area (Å²) >= 11 is 0. The SMILES string of the molecule is Cn1cc2c(n1)c(=O)n(-c1cccnc1C(F)(F)F)c1nc(C3CC3)c(F)cc21. The van der Waals surface area contributed by atoms with E-state index < -0.39 is 28.9 Å². The monoisotopic (exact) mass is 403 g/mol. The van der Waals surface area contributed by atoms with Gasteiger partial charge in [-0.25, -0.2) is 14.4 Å². The van der Waals surface area contributed by atoms with E-state index >= 15 is 0 Å². The first-order chi connectivity index (χ1) is 13.8. The highest BCUT2D eigenvalue weighted by atomic mass is 19.4. The zero-order valence-corrected chi connectivity index (χ0v) is 15.0. The molecule has 0 unspecified atom stereocenters. The highest BCUT2D eigenvalue weighted by molar-refractivity contribution is 6.03. The minimum Gasteiger partial charge on any atom is -0.274 e. The van der Waals surface area contributed by atoms with Crippen LogP contribution < -0.4 is 5.56 Å². The van der Waals surface area contributed by atoms with Crippen molar-refractivity contribution in [1.29, 1.82) is 0 Å². The van der Waals surface area contributed by atoms with Crippen molar-refractivity contribution in [3.05, 3.63) is 58.2 Å². The molecule has 0 aliphatic heterocycles. The largest absolute Gasteiger partial charge is 0.435 e. The van der Waals surface area contributed by atoms with Gasteiger partial charge in [-0.05, 0) is 31.0 Å². The van der Waals surface area contributed by atoms with Crippen molar-refractivity contribution >= 4 is 21.9 Å². The molecule has 10 heteroatoms. The smallest absolute Gasteiger partial charge is 0.274 e. The number of hydrogen-bond acceptors (Lipinski definition) is 4. The van der Waals surface area contributed by atoms with E-state index in [2.05, 4.69) is 15.1 Å². The molecule has 0 N–H and O–H groups in total. The van der Waals surface area contributed by atoms with Crippen molar-refractivity contribution in [2.24, 2.45) is 7.05 Å². The zero-order valence-electron chi connectivity index (χ0n) is 15.0. The summed E-state index contributed by atoms with van der Waals surface area (Å²) in [6, 6.07) is 3.67. The average Bonchev–Trinajstić information content (AvgIpc) is 3.42. The number of hydrogen-bond donors (Lipinski definition) is 0. The van der Waals surface area contributed by atoms with Gasteiger partial charge >= 0.3 is 6.18 Å². The molecular weight excluding hydrogens is 390 g/mol. The minimum absolute atomic E-state index is 0.0442. The third kappa shape index (κ3) is 2.70. The Bertz CT molecular complexity index is 1350. The van der Waals surface area contributed by atoms with Crippen molar-refractivity contribution in [3.63, 3.8) is 0 Å². The summed E-state index contributed by atoms with van der Waals surface area (Å²) in [5.41, 5.74) is -2.42. The second-order valence-electron chi connectivity index (χ2n) is 7.08. The van der Waals surface area contributed by atoms with Crippen LogP contribution in [0.2, 0.25) is 0 Å². The number of fused-ring (bicyclic) bond motifs is 3. The van der Waals surface area contributed by atoms with Crippen molar-refractivity contribution < 1.29 is 17.6 Å². The van der Waals surface area contributed by atoms with E-state index in [1.807, 2.05) is 0 Å². The maximum atomic E-state index is 14.7. The molecule has 0 radical (unpaired) electrons. The lowest BCUT2D eigenvalue weighted by molar-refractivity contribution is -0.141. The number of alkyl halides is 3. The predicted molar refractivity (Wildman–Crippen MR) is 96.3 cm³/mol. The summed E-state index contributed by atoms with van der Waals surface area (Å²) in [4.78, 5) is 20.9. The summed E-state index contributed by atoms with van der Waals surface area (Å²) < 4.78 is 57.6. The number of pyridine rings is 3. The lowest BCUT2D eigenvalue weighted by Crippen LogP contribution is -2.24. The fourth-order valence-corrected chi connectivity index (χ4v) is 3.57. The standard InChI is InChI=1S/C19H13F4N5O/c1-27-8-11-10-7-12(20)14(9-4-5-9)25-17(10)28(18(29)15(11)26-27)13-3-2-6-24-16(13)19(21,22)23/h2-3,6-9H,4-5H2,1H3. The van der Waals surface area contributed by atoms with Gasteiger partial charge in [-0.3, -0.25) is 14.0 Å². The average molecular weight is 403 g/mol. The highest BCUT2D eigenvalue weighted by Crippen LogP contribution is 2.41. The molecule has 29 heavy (non-hydrogen) atoms. The van der Waals surface area contributed by atoms with Gasteiger partial charge in [0.05, 0.1) is 11.4 Å². The fraction of sp³-hybridized carbons (Fsp3) is 0.263. The van der Waals surface area contributed by atoms with Crippen LogP contribution in [0.3, 0.4) is 0 Å². The maximum absolute atomic E-state index is 14.7. The van der Waals surface area contributed by atoms with Gasteiger partial charge in [0.15, 0.2) is 11.2 Å². The topological polar surface area (TPSA) is 65.6 Å². The molecule has 0 spiro atoms. The Morgan fingerprint density at radius 2 is 1.97 bits per heavy atom. The van der Waals surface area contributed by atoms with E-state index in [4.69, 9.17) is 0 Å². The predicted octanol–water partition coefficient (Wildman–Crippen LogP) is 3.70. The van der Waals surface area contributed by atoms with Crippen LogP contribution in [0.25, 0.3) is 27.6 Å². The normalized spacial score (nSPS) is 14.8.